The van der Waals surface area contributed by atoms with Crippen LogP contribution in [0.4, 0.5) is 19.0 Å². The number of hydrogen-bond acceptors (Lipinski definition) is 7. The second kappa shape index (κ2) is 7.73. The first kappa shape index (κ1) is 23.2. The molecule has 4 heterocycles. The van der Waals surface area contributed by atoms with E-state index in [2.05, 4.69) is 20.1 Å². The molecule has 1 amide bonds. The Bertz CT molecular complexity index is 1600. The Hall–Kier alpha value is -3.55. The molecule has 4 aromatic heterocycles. The summed E-state index contributed by atoms with van der Waals surface area (Å²) in [6, 6.07) is 2.39. The van der Waals surface area contributed by atoms with Crippen LogP contribution in [0.25, 0.3) is 28.2 Å². The molecule has 1 saturated carbocycles. The maximum absolute atomic E-state index is 13.2. The van der Waals surface area contributed by atoms with Crippen molar-refractivity contribution in [2.24, 2.45) is 13.0 Å². The molecular formula is C21H20F3N7O3S. The summed E-state index contributed by atoms with van der Waals surface area (Å²) in [4.78, 5) is 26.6. The third kappa shape index (κ3) is 3.72. The number of rotatable bonds is 5. The van der Waals surface area contributed by atoms with Crippen LogP contribution in [-0.4, -0.2) is 56.3 Å². The molecule has 0 aromatic carbocycles. The van der Waals surface area contributed by atoms with Gasteiger partial charge in [0.25, 0.3) is 0 Å². The predicted molar refractivity (Wildman–Crippen MR) is 119 cm³/mol. The lowest BCUT2D eigenvalue weighted by Crippen LogP contribution is -2.29. The quantitative estimate of drug-likeness (QED) is 0.408. The number of alkyl halides is 3. The lowest BCUT2D eigenvalue weighted by Gasteiger charge is -2.17. The smallest absolute Gasteiger partial charge is 0.312 e. The molecule has 0 radical (unpaired) electrons. The molecule has 4 aromatic rings. The highest BCUT2D eigenvalue weighted by Crippen LogP contribution is 2.36. The average molecular weight is 507 g/mol. The van der Waals surface area contributed by atoms with E-state index in [0.29, 0.717) is 12.0 Å². The fourth-order valence-electron chi connectivity index (χ4n) is 3.89. The monoisotopic (exact) mass is 507 g/mol. The summed E-state index contributed by atoms with van der Waals surface area (Å²) in [5.41, 5.74) is -0.788. The number of halogens is 3. The van der Waals surface area contributed by atoms with Crippen LogP contribution in [0, 0.1) is 5.92 Å². The van der Waals surface area contributed by atoms with E-state index in [-0.39, 0.29) is 50.8 Å². The van der Waals surface area contributed by atoms with Crippen molar-refractivity contribution in [1.82, 2.24) is 29.1 Å². The number of aryl methyl sites for hydroxylation is 1. The van der Waals surface area contributed by atoms with Crippen molar-refractivity contribution < 1.29 is 26.4 Å². The standard InChI is InChI=1S/C21H20F3N7O3S/c1-4-35(33,34)19-15(18-27-13-9-12(21(22,23)24)10-26-16(13)30(18)3)17-25-8-7-14(31(17)28-19)29(2)20(32)11-5-6-11/h7-11H,4-6H2,1-3H3. The summed E-state index contributed by atoms with van der Waals surface area (Å²) in [6.45, 7) is 1.45. The topological polar surface area (TPSA) is 115 Å². The SMILES string of the molecule is CCS(=O)(=O)c1nn2c(N(C)C(=O)C3CC3)ccnc2c1-c1nc2cc(C(F)(F)F)cnc2n1C. The number of sulfone groups is 1. The first-order chi connectivity index (χ1) is 16.4. The largest absolute Gasteiger partial charge is 0.417 e. The van der Waals surface area contributed by atoms with Gasteiger partial charge in [-0.05, 0) is 25.0 Å². The van der Waals surface area contributed by atoms with Gasteiger partial charge in [-0.25, -0.2) is 23.4 Å². The Morgan fingerprint density at radius 1 is 1.23 bits per heavy atom. The van der Waals surface area contributed by atoms with Crippen molar-refractivity contribution in [3.63, 3.8) is 0 Å². The zero-order chi connectivity index (χ0) is 25.3. The summed E-state index contributed by atoms with van der Waals surface area (Å²) in [6.07, 6.45) is -0.941. The molecule has 0 saturated heterocycles. The molecule has 14 heteroatoms. The van der Waals surface area contributed by atoms with Crippen molar-refractivity contribution in [2.75, 3.05) is 17.7 Å². The molecule has 1 fully saturated rings. The van der Waals surface area contributed by atoms with E-state index in [4.69, 9.17) is 0 Å². The highest BCUT2D eigenvalue weighted by atomic mass is 32.2. The number of pyridine rings is 1. The van der Waals surface area contributed by atoms with Crippen molar-refractivity contribution in [2.45, 2.75) is 31.0 Å². The van der Waals surface area contributed by atoms with Gasteiger partial charge in [-0.15, -0.1) is 0 Å². The lowest BCUT2D eigenvalue weighted by atomic mass is 10.2. The van der Waals surface area contributed by atoms with Crippen LogP contribution >= 0.6 is 0 Å². The van der Waals surface area contributed by atoms with Crippen LogP contribution < -0.4 is 4.90 Å². The van der Waals surface area contributed by atoms with Crippen LogP contribution in [-0.2, 0) is 27.9 Å². The Balaban J connectivity index is 1.79. The zero-order valence-electron chi connectivity index (χ0n) is 18.9. The Labute approximate surface area is 197 Å². The van der Waals surface area contributed by atoms with Gasteiger partial charge in [-0.1, -0.05) is 6.92 Å². The second-order valence-electron chi connectivity index (χ2n) is 8.35. The van der Waals surface area contributed by atoms with Crippen LogP contribution in [0.15, 0.2) is 29.6 Å². The first-order valence-electron chi connectivity index (χ1n) is 10.7. The third-order valence-corrected chi connectivity index (χ3v) is 7.64. The predicted octanol–water partition coefficient (Wildman–Crippen LogP) is 2.86. The minimum Gasteiger partial charge on any atom is -0.312 e. The Kier molecular flexibility index (Phi) is 5.12. The van der Waals surface area contributed by atoms with Crippen LogP contribution in [0.2, 0.25) is 0 Å². The molecule has 1 aliphatic carbocycles. The van der Waals surface area contributed by atoms with Crippen LogP contribution in [0.5, 0.6) is 0 Å². The van der Waals surface area contributed by atoms with Gasteiger partial charge in [0.1, 0.15) is 22.7 Å². The molecule has 184 valence electrons. The molecule has 0 spiro atoms. The van der Waals surface area contributed by atoms with Gasteiger partial charge in [-0.2, -0.15) is 22.8 Å². The van der Waals surface area contributed by atoms with Crippen molar-refractivity contribution in [3.8, 4) is 11.4 Å². The minimum absolute atomic E-state index is 0.0232. The van der Waals surface area contributed by atoms with E-state index in [1.54, 1.807) is 13.1 Å². The molecule has 35 heavy (non-hydrogen) atoms. The molecule has 0 aliphatic heterocycles. The number of anilines is 1. The number of fused-ring (bicyclic) bond motifs is 2. The number of hydrogen-bond donors (Lipinski definition) is 0. The summed E-state index contributed by atoms with van der Waals surface area (Å²) in [5.74, 6) is -0.153. The van der Waals surface area contributed by atoms with E-state index in [0.717, 1.165) is 18.9 Å². The third-order valence-electron chi connectivity index (χ3n) is 6.00. The summed E-state index contributed by atoms with van der Waals surface area (Å²) in [7, 11) is -0.831. The highest BCUT2D eigenvalue weighted by molar-refractivity contribution is 7.91. The van der Waals surface area contributed by atoms with Crippen molar-refractivity contribution in [1.29, 1.82) is 0 Å². The fourth-order valence-corrected chi connectivity index (χ4v) is 4.86. The highest BCUT2D eigenvalue weighted by Gasteiger charge is 2.36. The van der Waals surface area contributed by atoms with Gasteiger partial charge >= 0.3 is 6.18 Å². The van der Waals surface area contributed by atoms with Gasteiger partial charge in [0.2, 0.25) is 5.91 Å². The molecule has 0 bridgehead atoms. The number of carbonyl (C=O) groups excluding carboxylic acids is 1. The molecule has 10 nitrogen and oxygen atoms in total. The normalized spacial score (nSPS) is 14.7. The van der Waals surface area contributed by atoms with Crippen molar-refractivity contribution >= 4 is 38.4 Å². The number of amides is 1. The molecule has 0 atom stereocenters. The average Bonchev–Trinajstić information content (AvgIpc) is 3.52. The summed E-state index contributed by atoms with van der Waals surface area (Å²) >= 11 is 0. The van der Waals surface area contributed by atoms with Gasteiger partial charge in [0, 0.05) is 32.4 Å². The molecule has 1 aliphatic rings. The molecular weight excluding hydrogens is 487 g/mol. The first-order valence-corrected chi connectivity index (χ1v) is 12.4. The number of nitrogens with zero attached hydrogens (tertiary/aromatic N) is 7. The molecule has 0 unspecified atom stereocenters. The second-order valence-corrected chi connectivity index (χ2v) is 10.5. The van der Waals surface area contributed by atoms with Gasteiger partial charge in [-0.3, -0.25) is 9.69 Å². The number of aromatic nitrogens is 6. The van der Waals surface area contributed by atoms with Gasteiger partial charge in [0.15, 0.2) is 26.2 Å². The van der Waals surface area contributed by atoms with E-state index in [1.165, 1.54) is 34.2 Å². The Morgan fingerprint density at radius 3 is 2.57 bits per heavy atom. The van der Waals surface area contributed by atoms with Crippen molar-refractivity contribution in [3.05, 3.63) is 30.1 Å². The maximum Gasteiger partial charge on any atom is 0.417 e. The number of carbonyl (C=O) groups is 1. The fraction of sp³-hybridized carbons (Fsp3) is 0.381. The number of imidazole rings is 1. The van der Waals surface area contributed by atoms with E-state index < -0.39 is 21.6 Å². The van der Waals surface area contributed by atoms with Gasteiger partial charge in [0.05, 0.1) is 11.3 Å². The minimum atomic E-state index is -4.62. The zero-order valence-corrected chi connectivity index (χ0v) is 19.7. The molecule has 5 rings (SSSR count). The van der Waals surface area contributed by atoms with Crippen LogP contribution in [0.3, 0.4) is 0 Å². The lowest BCUT2D eigenvalue weighted by molar-refractivity contribution is -0.137. The van der Waals surface area contributed by atoms with E-state index in [9.17, 15) is 26.4 Å². The molecule has 0 N–H and O–H groups in total. The Morgan fingerprint density at radius 2 is 1.94 bits per heavy atom. The summed E-state index contributed by atoms with van der Waals surface area (Å²) < 4.78 is 68.3. The van der Waals surface area contributed by atoms with E-state index in [1.807, 2.05) is 0 Å². The maximum atomic E-state index is 13.2. The van der Waals surface area contributed by atoms with E-state index >= 15 is 0 Å². The van der Waals surface area contributed by atoms with Crippen LogP contribution in [0.1, 0.15) is 25.3 Å². The van der Waals surface area contributed by atoms with Gasteiger partial charge < -0.3 is 4.57 Å². The summed E-state index contributed by atoms with van der Waals surface area (Å²) in [5, 5.41) is 3.97.